The molecule has 0 aromatic heterocycles. The van der Waals surface area contributed by atoms with Crippen LogP contribution in [0.15, 0.2) is 30.3 Å². The van der Waals surface area contributed by atoms with Crippen molar-refractivity contribution in [1.29, 1.82) is 0 Å². The van der Waals surface area contributed by atoms with E-state index in [0.717, 1.165) is 5.56 Å². The zero-order valence-corrected chi connectivity index (χ0v) is 11.1. The first-order chi connectivity index (χ1) is 8.56. The fourth-order valence-electron chi connectivity index (χ4n) is 1.75. The summed E-state index contributed by atoms with van der Waals surface area (Å²) in [6.45, 7) is 4.38. The molecule has 0 heterocycles. The van der Waals surface area contributed by atoms with E-state index in [-0.39, 0.29) is 12.0 Å². The second-order valence-corrected chi connectivity index (χ2v) is 4.55. The average Bonchev–Trinajstić information content (AvgIpc) is 2.38. The molecule has 1 rings (SSSR count). The van der Waals surface area contributed by atoms with Gasteiger partial charge in [-0.25, -0.2) is 0 Å². The predicted octanol–water partition coefficient (Wildman–Crippen LogP) is 1.73. The number of ether oxygens (including phenoxy) is 2. The number of carbonyl (C=O) groups excluding carboxylic acids is 1. The van der Waals surface area contributed by atoms with Crippen LogP contribution in [0.25, 0.3) is 0 Å². The normalized spacial score (nSPS) is 14.3. The highest BCUT2D eigenvalue weighted by Gasteiger charge is 2.28. The van der Waals surface area contributed by atoms with Crippen LogP contribution in [0.3, 0.4) is 0 Å². The molecule has 0 aliphatic carbocycles. The number of methoxy groups -OCH3 is 1. The van der Waals surface area contributed by atoms with Crippen molar-refractivity contribution in [3.63, 3.8) is 0 Å². The summed E-state index contributed by atoms with van der Waals surface area (Å²) in [6.07, 6.45) is -0.349. The molecule has 100 valence electrons. The fourth-order valence-corrected chi connectivity index (χ4v) is 1.75. The van der Waals surface area contributed by atoms with Gasteiger partial charge in [-0.1, -0.05) is 44.2 Å². The summed E-state index contributed by atoms with van der Waals surface area (Å²) in [4.78, 5) is 11.4. The zero-order chi connectivity index (χ0) is 13.5. The molecule has 4 heteroatoms. The lowest BCUT2D eigenvalue weighted by atomic mass is 10.00. The summed E-state index contributed by atoms with van der Waals surface area (Å²) < 4.78 is 10.4. The van der Waals surface area contributed by atoms with E-state index in [1.165, 1.54) is 7.11 Å². The monoisotopic (exact) mass is 251 g/mol. The van der Waals surface area contributed by atoms with E-state index in [2.05, 4.69) is 4.74 Å². The Hall–Kier alpha value is -1.39. The molecule has 0 aliphatic heterocycles. The first-order valence-electron chi connectivity index (χ1n) is 6.05. The maximum Gasteiger partial charge on any atom is 0.325 e. The second kappa shape index (κ2) is 7.13. The summed E-state index contributed by atoms with van der Waals surface area (Å²) in [6, 6.07) is 9.04. The first kappa shape index (κ1) is 14.7. The maximum absolute atomic E-state index is 11.4. The maximum atomic E-state index is 11.4. The van der Waals surface area contributed by atoms with Crippen LogP contribution in [0.2, 0.25) is 0 Å². The van der Waals surface area contributed by atoms with Crippen LogP contribution in [0.4, 0.5) is 0 Å². The Kier molecular flexibility index (Phi) is 5.82. The van der Waals surface area contributed by atoms with Gasteiger partial charge in [0, 0.05) is 0 Å². The van der Waals surface area contributed by atoms with Gasteiger partial charge in [-0.2, -0.15) is 0 Å². The third-order valence-corrected chi connectivity index (χ3v) is 2.77. The molecule has 0 unspecified atom stereocenters. The predicted molar refractivity (Wildman–Crippen MR) is 69.8 cm³/mol. The Bertz CT molecular complexity index is 365. The molecule has 0 radical (unpaired) electrons. The molecule has 0 fully saturated rings. The van der Waals surface area contributed by atoms with Gasteiger partial charge in [-0.05, 0) is 11.5 Å². The van der Waals surface area contributed by atoms with Crippen LogP contribution in [0.5, 0.6) is 0 Å². The third-order valence-electron chi connectivity index (χ3n) is 2.77. The van der Waals surface area contributed by atoms with Gasteiger partial charge in [0.25, 0.3) is 0 Å². The highest BCUT2D eigenvalue weighted by molar-refractivity contribution is 5.76. The van der Waals surface area contributed by atoms with Gasteiger partial charge in [-0.3, -0.25) is 4.79 Å². The van der Waals surface area contributed by atoms with Gasteiger partial charge in [0.2, 0.25) is 0 Å². The van der Waals surface area contributed by atoms with Crippen molar-refractivity contribution in [3.8, 4) is 0 Å². The third kappa shape index (κ3) is 4.13. The van der Waals surface area contributed by atoms with Crippen LogP contribution in [0, 0.1) is 5.92 Å². The molecular formula is C14H21NO3. The summed E-state index contributed by atoms with van der Waals surface area (Å²) in [5, 5.41) is 0. The molecule has 1 aromatic rings. The van der Waals surface area contributed by atoms with E-state index in [1.807, 2.05) is 44.2 Å². The van der Waals surface area contributed by atoms with Gasteiger partial charge < -0.3 is 15.2 Å². The van der Waals surface area contributed by atoms with Crippen molar-refractivity contribution < 1.29 is 14.3 Å². The van der Waals surface area contributed by atoms with Gasteiger partial charge in [0.1, 0.15) is 6.04 Å². The van der Waals surface area contributed by atoms with Crippen LogP contribution in [-0.2, 0) is 20.9 Å². The molecule has 1 aromatic carbocycles. The summed E-state index contributed by atoms with van der Waals surface area (Å²) in [7, 11) is 1.33. The molecule has 4 nitrogen and oxygen atoms in total. The van der Waals surface area contributed by atoms with E-state index >= 15 is 0 Å². The number of esters is 1. The van der Waals surface area contributed by atoms with Crippen molar-refractivity contribution in [2.75, 3.05) is 7.11 Å². The van der Waals surface area contributed by atoms with Crippen molar-refractivity contribution in [2.45, 2.75) is 32.6 Å². The van der Waals surface area contributed by atoms with E-state index in [0.29, 0.717) is 6.61 Å². The summed E-state index contributed by atoms with van der Waals surface area (Å²) in [5.41, 5.74) is 6.89. The molecule has 0 saturated heterocycles. The van der Waals surface area contributed by atoms with Crippen LogP contribution in [-0.4, -0.2) is 25.2 Å². The Balaban J connectivity index is 2.61. The first-order valence-corrected chi connectivity index (χ1v) is 6.05. The number of hydrogen-bond donors (Lipinski definition) is 1. The molecule has 2 atom stereocenters. The molecule has 0 saturated carbocycles. The Morgan fingerprint density at radius 3 is 2.39 bits per heavy atom. The minimum Gasteiger partial charge on any atom is -0.468 e. The van der Waals surface area contributed by atoms with Gasteiger partial charge in [0.15, 0.2) is 0 Å². The molecule has 0 bridgehead atoms. The summed E-state index contributed by atoms with van der Waals surface area (Å²) in [5.74, 6) is -0.301. The highest BCUT2D eigenvalue weighted by Crippen LogP contribution is 2.14. The molecule has 0 aliphatic rings. The molecular weight excluding hydrogens is 230 g/mol. The number of nitrogens with two attached hydrogens (primary N) is 1. The number of rotatable bonds is 6. The van der Waals surface area contributed by atoms with Crippen molar-refractivity contribution in [1.82, 2.24) is 0 Å². The van der Waals surface area contributed by atoms with Crippen molar-refractivity contribution in [2.24, 2.45) is 11.7 Å². The van der Waals surface area contributed by atoms with Crippen LogP contribution < -0.4 is 5.73 Å². The Labute approximate surface area is 108 Å². The van der Waals surface area contributed by atoms with E-state index in [4.69, 9.17) is 10.5 Å². The van der Waals surface area contributed by atoms with E-state index in [9.17, 15) is 4.79 Å². The second-order valence-electron chi connectivity index (χ2n) is 4.55. The highest BCUT2D eigenvalue weighted by atomic mass is 16.5. The lowest BCUT2D eigenvalue weighted by Gasteiger charge is -2.25. The minimum atomic E-state index is -0.751. The SMILES string of the molecule is COC(=O)[C@@H](N)[C@H](OCc1ccccc1)C(C)C. The van der Waals surface area contributed by atoms with Crippen molar-refractivity contribution in [3.05, 3.63) is 35.9 Å². The lowest BCUT2D eigenvalue weighted by molar-refractivity contribution is -0.147. The standard InChI is InChI=1S/C14H21NO3/c1-10(2)13(12(15)14(16)17-3)18-9-11-7-5-4-6-8-11/h4-8,10,12-13H,9,15H2,1-3H3/t12-,13+/m0/s1. The largest absolute Gasteiger partial charge is 0.468 e. The molecule has 18 heavy (non-hydrogen) atoms. The van der Waals surface area contributed by atoms with Gasteiger partial charge >= 0.3 is 5.97 Å². The Morgan fingerprint density at radius 1 is 1.28 bits per heavy atom. The van der Waals surface area contributed by atoms with Crippen molar-refractivity contribution >= 4 is 5.97 Å². The van der Waals surface area contributed by atoms with Gasteiger partial charge in [0.05, 0.1) is 19.8 Å². The molecule has 0 amide bonds. The zero-order valence-electron chi connectivity index (χ0n) is 11.1. The number of carbonyl (C=O) groups is 1. The quantitative estimate of drug-likeness (QED) is 0.782. The van der Waals surface area contributed by atoms with E-state index < -0.39 is 12.0 Å². The van der Waals surface area contributed by atoms with Crippen LogP contribution >= 0.6 is 0 Å². The fraction of sp³-hybridized carbons (Fsp3) is 0.500. The topological polar surface area (TPSA) is 61.5 Å². The summed E-state index contributed by atoms with van der Waals surface area (Å²) >= 11 is 0. The average molecular weight is 251 g/mol. The van der Waals surface area contributed by atoms with E-state index in [1.54, 1.807) is 0 Å². The molecule has 0 spiro atoms. The molecule has 2 N–H and O–H groups in total. The minimum absolute atomic E-state index is 0.141. The smallest absolute Gasteiger partial charge is 0.325 e. The Morgan fingerprint density at radius 2 is 1.89 bits per heavy atom. The lowest BCUT2D eigenvalue weighted by Crippen LogP contribution is -2.46. The van der Waals surface area contributed by atoms with Crippen LogP contribution in [0.1, 0.15) is 19.4 Å². The van der Waals surface area contributed by atoms with Gasteiger partial charge in [-0.15, -0.1) is 0 Å². The number of benzene rings is 1. The number of hydrogen-bond acceptors (Lipinski definition) is 4.